The average molecular weight is 227 g/mol. The number of amides is 1. The summed E-state index contributed by atoms with van der Waals surface area (Å²) in [5.41, 5.74) is 0. The molecule has 4 nitrogen and oxygen atoms in total. The van der Waals surface area contributed by atoms with Gasteiger partial charge in [-0.1, -0.05) is 20.8 Å². The summed E-state index contributed by atoms with van der Waals surface area (Å²) in [4.78, 5) is 13.9. The zero-order chi connectivity index (χ0) is 12.0. The lowest BCUT2D eigenvalue weighted by atomic mass is 10.1. The van der Waals surface area contributed by atoms with Crippen LogP contribution >= 0.6 is 0 Å². The highest BCUT2D eigenvalue weighted by Gasteiger charge is 2.27. The molecule has 1 atom stereocenters. The molecule has 1 aliphatic rings. The van der Waals surface area contributed by atoms with Gasteiger partial charge in [-0.3, -0.25) is 9.69 Å². The molecule has 1 amide bonds. The van der Waals surface area contributed by atoms with Gasteiger partial charge < -0.3 is 10.6 Å². The van der Waals surface area contributed by atoms with Gasteiger partial charge in [0.25, 0.3) is 0 Å². The number of nitrogens with one attached hydrogen (secondary N) is 2. The predicted molar refractivity (Wildman–Crippen MR) is 66.4 cm³/mol. The molecule has 1 fully saturated rings. The molecule has 1 saturated heterocycles. The lowest BCUT2D eigenvalue weighted by Gasteiger charge is -2.34. The van der Waals surface area contributed by atoms with Gasteiger partial charge in [0.1, 0.15) is 0 Å². The van der Waals surface area contributed by atoms with E-state index >= 15 is 0 Å². The Balaban J connectivity index is 2.26. The van der Waals surface area contributed by atoms with Crippen molar-refractivity contribution in [3.05, 3.63) is 0 Å². The molecule has 4 heteroatoms. The van der Waals surface area contributed by atoms with Crippen LogP contribution in [0.4, 0.5) is 0 Å². The van der Waals surface area contributed by atoms with Crippen molar-refractivity contribution < 1.29 is 4.79 Å². The monoisotopic (exact) mass is 227 g/mol. The summed E-state index contributed by atoms with van der Waals surface area (Å²) in [6.07, 6.45) is 2.02. The standard InChI is InChI=1S/C12H25N3O/c1-4-11-12(16)14-7-9-15(11)8-5-6-13-10(2)3/h10-11,13H,4-9H2,1-3H3,(H,14,16). The van der Waals surface area contributed by atoms with Crippen molar-refractivity contribution in [2.75, 3.05) is 26.2 Å². The van der Waals surface area contributed by atoms with Crippen molar-refractivity contribution in [1.29, 1.82) is 0 Å². The van der Waals surface area contributed by atoms with Crippen LogP contribution < -0.4 is 10.6 Å². The maximum absolute atomic E-state index is 11.6. The summed E-state index contributed by atoms with van der Waals surface area (Å²) in [6, 6.07) is 0.638. The predicted octanol–water partition coefficient (Wildman–Crippen LogP) is 0.585. The van der Waals surface area contributed by atoms with Crippen LogP contribution in [-0.2, 0) is 4.79 Å². The van der Waals surface area contributed by atoms with Crippen LogP contribution in [0, 0.1) is 0 Å². The first kappa shape index (κ1) is 13.5. The van der Waals surface area contributed by atoms with Crippen LogP contribution in [0.15, 0.2) is 0 Å². The summed E-state index contributed by atoms with van der Waals surface area (Å²) in [5.74, 6) is 0.200. The second-order valence-electron chi connectivity index (χ2n) is 4.71. The molecule has 0 radical (unpaired) electrons. The number of rotatable bonds is 6. The van der Waals surface area contributed by atoms with Gasteiger partial charge >= 0.3 is 0 Å². The highest BCUT2D eigenvalue weighted by Crippen LogP contribution is 2.08. The quantitative estimate of drug-likeness (QED) is 0.653. The van der Waals surface area contributed by atoms with Gasteiger partial charge in [0.05, 0.1) is 6.04 Å². The van der Waals surface area contributed by atoms with Crippen molar-refractivity contribution in [3.63, 3.8) is 0 Å². The number of hydrogen-bond acceptors (Lipinski definition) is 3. The van der Waals surface area contributed by atoms with Crippen LogP contribution in [0.1, 0.15) is 33.6 Å². The maximum Gasteiger partial charge on any atom is 0.237 e. The highest BCUT2D eigenvalue weighted by atomic mass is 16.2. The molecule has 1 unspecified atom stereocenters. The second kappa shape index (κ2) is 6.86. The van der Waals surface area contributed by atoms with Crippen LogP contribution in [-0.4, -0.2) is 49.1 Å². The second-order valence-corrected chi connectivity index (χ2v) is 4.71. The minimum atomic E-state index is 0.0906. The van der Waals surface area contributed by atoms with Gasteiger partial charge in [0.2, 0.25) is 5.91 Å². The molecule has 1 rings (SSSR count). The summed E-state index contributed by atoms with van der Waals surface area (Å²) >= 11 is 0. The Bertz CT molecular complexity index is 218. The first-order valence-corrected chi connectivity index (χ1v) is 6.40. The van der Waals surface area contributed by atoms with Gasteiger partial charge in [0.15, 0.2) is 0 Å². The van der Waals surface area contributed by atoms with E-state index in [0.29, 0.717) is 6.04 Å². The van der Waals surface area contributed by atoms with E-state index in [1.807, 2.05) is 0 Å². The third-order valence-corrected chi connectivity index (χ3v) is 3.00. The molecule has 0 aromatic heterocycles. The molecule has 1 aliphatic heterocycles. The van der Waals surface area contributed by atoms with Gasteiger partial charge in [0, 0.05) is 25.7 Å². The molecule has 0 aromatic rings. The smallest absolute Gasteiger partial charge is 0.237 e. The number of carbonyl (C=O) groups excluding carboxylic acids is 1. The fraction of sp³-hybridized carbons (Fsp3) is 0.917. The van der Waals surface area contributed by atoms with E-state index in [2.05, 4.69) is 36.3 Å². The van der Waals surface area contributed by atoms with Crippen molar-refractivity contribution in [1.82, 2.24) is 15.5 Å². The number of piperazine rings is 1. The number of nitrogens with zero attached hydrogens (tertiary/aromatic N) is 1. The maximum atomic E-state index is 11.6. The topological polar surface area (TPSA) is 44.4 Å². The minimum Gasteiger partial charge on any atom is -0.353 e. The summed E-state index contributed by atoms with van der Waals surface area (Å²) < 4.78 is 0. The van der Waals surface area contributed by atoms with Crippen LogP contribution in [0.3, 0.4) is 0 Å². The fourth-order valence-corrected chi connectivity index (χ4v) is 2.15. The van der Waals surface area contributed by atoms with Crippen molar-refractivity contribution >= 4 is 5.91 Å². The Labute approximate surface area is 98.8 Å². The van der Waals surface area contributed by atoms with Crippen molar-refractivity contribution in [2.24, 2.45) is 0 Å². The average Bonchev–Trinajstić information content (AvgIpc) is 2.24. The first-order chi connectivity index (χ1) is 7.65. The summed E-state index contributed by atoms with van der Waals surface area (Å²) in [6.45, 7) is 10.2. The van der Waals surface area contributed by atoms with Gasteiger partial charge in [-0.05, 0) is 19.4 Å². The third kappa shape index (κ3) is 4.10. The Morgan fingerprint density at radius 1 is 1.56 bits per heavy atom. The molecular formula is C12H25N3O. The Morgan fingerprint density at radius 3 is 2.94 bits per heavy atom. The lowest BCUT2D eigenvalue weighted by Crippen LogP contribution is -2.55. The van der Waals surface area contributed by atoms with Crippen molar-refractivity contribution in [3.8, 4) is 0 Å². The Morgan fingerprint density at radius 2 is 2.31 bits per heavy atom. The molecular weight excluding hydrogens is 202 g/mol. The van der Waals surface area contributed by atoms with Gasteiger partial charge in [-0.2, -0.15) is 0 Å². The third-order valence-electron chi connectivity index (χ3n) is 3.00. The van der Waals surface area contributed by atoms with E-state index in [1.165, 1.54) is 0 Å². The number of carbonyl (C=O) groups is 1. The molecule has 0 aromatic carbocycles. The first-order valence-electron chi connectivity index (χ1n) is 6.40. The fourth-order valence-electron chi connectivity index (χ4n) is 2.15. The van der Waals surface area contributed by atoms with Crippen LogP contribution in [0.25, 0.3) is 0 Å². The molecule has 16 heavy (non-hydrogen) atoms. The van der Waals surface area contributed by atoms with Crippen LogP contribution in [0.5, 0.6) is 0 Å². The minimum absolute atomic E-state index is 0.0906. The Kier molecular flexibility index (Phi) is 5.77. The molecule has 0 saturated carbocycles. The highest BCUT2D eigenvalue weighted by molar-refractivity contribution is 5.82. The van der Waals surface area contributed by atoms with E-state index in [9.17, 15) is 4.79 Å². The number of hydrogen-bond donors (Lipinski definition) is 2. The zero-order valence-electron chi connectivity index (χ0n) is 10.8. The lowest BCUT2D eigenvalue weighted by molar-refractivity contribution is -0.129. The van der Waals surface area contributed by atoms with E-state index in [4.69, 9.17) is 0 Å². The Hall–Kier alpha value is -0.610. The molecule has 2 N–H and O–H groups in total. The van der Waals surface area contributed by atoms with E-state index < -0.39 is 0 Å². The molecule has 0 bridgehead atoms. The largest absolute Gasteiger partial charge is 0.353 e. The normalized spacial score (nSPS) is 22.5. The SMILES string of the molecule is CCC1C(=O)NCCN1CCCNC(C)C. The summed E-state index contributed by atoms with van der Waals surface area (Å²) in [5, 5.41) is 6.33. The van der Waals surface area contributed by atoms with Crippen LogP contribution in [0.2, 0.25) is 0 Å². The van der Waals surface area contributed by atoms with E-state index in [0.717, 1.165) is 39.0 Å². The van der Waals surface area contributed by atoms with E-state index in [-0.39, 0.29) is 11.9 Å². The molecule has 0 aliphatic carbocycles. The molecule has 1 heterocycles. The van der Waals surface area contributed by atoms with Gasteiger partial charge in [-0.25, -0.2) is 0 Å². The summed E-state index contributed by atoms with van der Waals surface area (Å²) in [7, 11) is 0. The molecule has 0 spiro atoms. The molecule has 94 valence electrons. The van der Waals surface area contributed by atoms with E-state index in [1.54, 1.807) is 0 Å². The van der Waals surface area contributed by atoms with Crippen molar-refractivity contribution in [2.45, 2.75) is 45.7 Å². The van der Waals surface area contributed by atoms with Gasteiger partial charge in [-0.15, -0.1) is 0 Å². The zero-order valence-corrected chi connectivity index (χ0v) is 10.8.